The molecule has 0 spiro atoms. The molecule has 1 aliphatic heterocycles. The highest BCUT2D eigenvalue weighted by Crippen LogP contribution is 2.33. The van der Waals surface area contributed by atoms with Crippen molar-refractivity contribution < 1.29 is 36.8 Å². The third-order valence-electron chi connectivity index (χ3n) is 4.97. The maximum atomic E-state index is 13.8. The maximum Gasteiger partial charge on any atom is 0.445 e. The fourth-order valence-electron chi connectivity index (χ4n) is 3.31. The van der Waals surface area contributed by atoms with E-state index in [9.17, 15) is 27.2 Å². The van der Waals surface area contributed by atoms with Crippen molar-refractivity contribution in [1.82, 2.24) is 15.1 Å². The van der Waals surface area contributed by atoms with E-state index in [1.165, 1.54) is 18.1 Å². The Kier molecular flexibility index (Phi) is 7.61. The zero-order valence-corrected chi connectivity index (χ0v) is 18.0. The van der Waals surface area contributed by atoms with Crippen molar-refractivity contribution in [1.29, 1.82) is 0 Å². The van der Waals surface area contributed by atoms with E-state index in [-0.39, 0.29) is 41.0 Å². The number of benzene rings is 1. The Hall–Kier alpha value is -2.80. The fraction of sp³-hybridized carbons (Fsp3) is 0.474. The lowest BCUT2D eigenvalue weighted by Gasteiger charge is -2.32. The average molecular weight is 476 g/mol. The van der Waals surface area contributed by atoms with Gasteiger partial charge < -0.3 is 19.9 Å². The summed E-state index contributed by atoms with van der Waals surface area (Å²) in [7, 11) is 1.41. The minimum atomic E-state index is -4.62. The number of carbonyl (C=O) groups is 2. The number of aromatic nitrogens is 2. The lowest BCUT2D eigenvalue weighted by molar-refractivity contribution is -0.917. The van der Waals surface area contributed by atoms with Gasteiger partial charge in [-0.3, -0.25) is 9.59 Å². The lowest BCUT2D eigenvalue weighted by atomic mass is 10.1. The third-order valence-corrected chi connectivity index (χ3v) is 5.86. The molecule has 1 saturated heterocycles. The van der Waals surface area contributed by atoms with Crippen LogP contribution in [-0.2, 0) is 22.3 Å². The van der Waals surface area contributed by atoms with E-state index in [1.54, 1.807) is 17.0 Å². The van der Waals surface area contributed by atoms with Crippen LogP contribution in [0.2, 0.25) is 0 Å². The summed E-state index contributed by atoms with van der Waals surface area (Å²) in [5.41, 5.74) is 0.833. The van der Waals surface area contributed by atoms with E-state index >= 15 is 0 Å². The van der Waals surface area contributed by atoms with Gasteiger partial charge in [0.15, 0.2) is 11.6 Å². The summed E-state index contributed by atoms with van der Waals surface area (Å²) in [6.45, 7) is 2.97. The van der Waals surface area contributed by atoms with E-state index in [0.29, 0.717) is 32.7 Å². The summed E-state index contributed by atoms with van der Waals surface area (Å²) in [5.74, 6) is -1.04. The van der Waals surface area contributed by atoms with Crippen LogP contribution in [0.5, 0.6) is 5.75 Å². The molecule has 1 aliphatic rings. The zero-order valence-electron chi connectivity index (χ0n) is 17.2. The molecular formula is C19H22F4N5O3S+. The van der Waals surface area contributed by atoms with Crippen LogP contribution in [0.15, 0.2) is 18.2 Å². The summed E-state index contributed by atoms with van der Waals surface area (Å²) in [4.78, 5) is 27.1. The van der Waals surface area contributed by atoms with Gasteiger partial charge in [0.25, 0.3) is 0 Å². The Bertz CT molecular complexity index is 961. The standard InChI is InChI=1S/C19H21F4N5O3S/c1-31-14-3-2-12(10-13(14)20)11-27-6-8-28(9-7-27)16(30)5-4-15(29)24-18-26-25-17(32-18)19(21,22)23/h2-3,10H,4-9,11H2,1H3,(H,24,26,29)/p+1. The molecule has 0 unspecified atom stereocenters. The Morgan fingerprint density at radius 3 is 2.53 bits per heavy atom. The summed E-state index contributed by atoms with van der Waals surface area (Å²) in [6, 6.07) is 4.83. The van der Waals surface area contributed by atoms with E-state index < -0.39 is 22.9 Å². The van der Waals surface area contributed by atoms with Crippen LogP contribution in [0, 0.1) is 5.82 Å². The molecule has 3 rings (SSSR count). The van der Waals surface area contributed by atoms with Crippen molar-refractivity contribution in [3.05, 3.63) is 34.6 Å². The second-order valence-electron chi connectivity index (χ2n) is 7.23. The maximum absolute atomic E-state index is 13.8. The summed E-state index contributed by atoms with van der Waals surface area (Å²) in [5, 5.41) is 7.09. The van der Waals surface area contributed by atoms with Crippen molar-refractivity contribution in [2.75, 3.05) is 38.6 Å². The second kappa shape index (κ2) is 10.2. The number of ether oxygens (including phenoxy) is 1. The van der Waals surface area contributed by atoms with Crippen molar-refractivity contribution in [2.45, 2.75) is 25.6 Å². The number of hydrogen-bond donors (Lipinski definition) is 2. The molecule has 0 atom stereocenters. The smallest absolute Gasteiger partial charge is 0.445 e. The van der Waals surface area contributed by atoms with Gasteiger partial charge in [-0.05, 0) is 18.2 Å². The summed E-state index contributed by atoms with van der Waals surface area (Å²) >= 11 is 0.226. The van der Waals surface area contributed by atoms with Gasteiger partial charge in [-0.25, -0.2) is 4.39 Å². The molecule has 174 valence electrons. The predicted octanol–water partition coefficient (Wildman–Crippen LogP) is 1.35. The molecule has 1 aromatic carbocycles. The number of nitrogens with one attached hydrogen (secondary N) is 2. The van der Waals surface area contributed by atoms with Crippen LogP contribution in [0.4, 0.5) is 22.7 Å². The number of alkyl halides is 3. The van der Waals surface area contributed by atoms with Gasteiger partial charge in [0.1, 0.15) is 6.54 Å². The molecular weight excluding hydrogens is 454 g/mol. The van der Waals surface area contributed by atoms with E-state index in [4.69, 9.17) is 4.74 Å². The molecule has 13 heteroatoms. The van der Waals surface area contributed by atoms with Gasteiger partial charge in [-0.15, -0.1) is 10.2 Å². The van der Waals surface area contributed by atoms with Crippen LogP contribution >= 0.6 is 11.3 Å². The van der Waals surface area contributed by atoms with Gasteiger partial charge in [0.2, 0.25) is 22.0 Å². The Morgan fingerprint density at radius 1 is 1.22 bits per heavy atom. The molecule has 2 aromatic rings. The Labute approximate surface area is 185 Å². The van der Waals surface area contributed by atoms with Crippen LogP contribution in [0.25, 0.3) is 0 Å². The molecule has 2 N–H and O–H groups in total. The molecule has 8 nitrogen and oxygen atoms in total. The fourth-order valence-corrected chi connectivity index (χ4v) is 3.93. The normalized spacial score (nSPS) is 15.0. The van der Waals surface area contributed by atoms with Gasteiger partial charge in [0, 0.05) is 18.4 Å². The first-order valence-corrected chi connectivity index (χ1v) is 10.6. The van der Waals surface area contributed by atoms with Crippen molar-refractivity contribution >= 4 is 28.3 Å². The molecule has 0 saturated carbocycles. The Morgan fingerprint density at radius 2 is 1.94 bits per heavy atom. The highest BCUT2D eigenvalue weighted by atomic mass is 32.1. The lowest BCUT2D eigenvalue weighted by Crippen LogP contribution is -3.13. The third kappa shape index (κ3) is 6.36. The molecule has 1 aromatic heterocycles. The number of carbonyl (C=O) groups excluding carboxylic acids is 2. The molecule has 2 amide bonds. The first-order valence-electron chi connectivity index (χ1n) is 9.80. The minimum Gasteiger partial charge on any atom is -0.494 e. The molecule has 0 radical (unpaired) electrons. The number of rotatable bonds is 7. The summed E-state index contributed by atoms with van der Waals surface area (Å²) in [6.07, 6.45) is -4.85. The quantitative estimate of drug-likeness (QED) is 0.589. The second-order valence-corrected chi connectivity index (χ2v) is 8.21. The van der Waals surface area contributed by atoms with Gasteiger partial charge in [-0.1, -0.05) is 11.3 Å². The predicted molar refractivity (Wildman–Crippen MR) is 107 cm³/mol. The Balaban J connectivity index is 1.40. The largest absolute Gasteiger partial charge is 0.494 e. The molecule has 0 bridgehead atoms. The topological polar surface area (TPSA) is 88.9 Å². The average Bonchev–Trinajstić information content (AvgIpc) is 3.22. The number of quaternary nitrogens is 1. The monoisotopic (exact) mass is 476 g/mol. The first kappa shape index (κ1) is 23.9. The summed E-state index contributed by atoms with van der Waals surface area (Å²) < 4.78 is 56.3. The van der Waals surface area contributed by atoms with Gasteiger partial charge >= 0.3 is 6.18 Å². The molecule has 2 heterocycles. The number of piperazine rings is 1. The number of halogens is 4. The van der Waals surface area contributed by atoms with Crippen molar-refractivity contribution in [3.8, 4) is 5.75 Å². The number of anilines is 1. The number of nitrogens with zero attached hydrogens (tertiary/aromatic N) is 3. The van der Waals surface area contributed by atoms with E-state index in [1.807, 2.05) is 0 Å². The van der Waals surface area contributed by atoms with Crippen LogP contribution < -0.4 is 15.0 Å². The minimum absolute atomic E-state index is 0.0597. The van der Waals surface area contributed by atoms with Gasteiger partial charge in [-0.2, -0.15) is 13.2 Å². The highest BCUT2D eigenvalue weighted by Gasteiger charge is 2.35. The van der Waals surface area contributed by atoms with Gasteiger partial charge in [0.05, 0.1) is 33.3 Å². The van der Waals surface area contributed by atoms with Crippen LogP contribution in [-0.4, -0.2) is 60.2 Å². The number of methoxy groups -OCH3 is 1. The SMILES string of the molecule is COc1ccc(C[NH+]2CCN(C(=O)CCC(=O)Nc3nnc(C(F)(F)F)s3)CC2)cc1F. The van der Waals surface area contributed by atoms with Crippen LogP contribution in [0.3, 0.4) is 0 Å². The van der Waals surface area contributed by atoms with Crippen molar-refractivity contribution in [3.63, 3.8) is 0 Å². The van der Waals surface area contributed by atoms with Crippen LogP contribution in [0.1, 0.15) is 23.4 Å². The van der Waals surface area contributed by atoms with Crippen molar-refractivity contribution in [2.24, 2.45) is 0 Å². The highest BCUT2D eigenvalue weighted by molar-refractivity contribution is 7.15. The van der Waals surface area contributed by atoms with E-state index in [0.717, 1.165) is 5.56 Å². The van der Waals surface area contributed by atoms with E-state index in [2.05, 4.69) is 15.5 Å². The zero-order chi connectivity index (χ0) is 23.3. The molecule has 32 heavy (non-hydrogen) atoms. The number of amides is 2. The molecule has 1 fully saturated rings. The number of hydrogen-bond acceptors (Lipinski definition) is 6. The first-order chi connectivity index (χ1) is 15.2. The molecule has 0 aliphatic carbocycles.